The van der Waals surface area contributed by atoms with Gasteiger partial charge in [0, 0.05) is 19.0 Å². The van der Waals surface area contributed by atoms with Gasteiger partial charge in [-0.3, -0.25) is 9.59 Å². The van der Waals surface area contributed by atoms with Gasteiger partial charge < -0.3 is 11.1 Å². The summed E-state index contributed by atoms with van der Waals surface area (Å²) >= 11 is 0. The summed E-state index contributed by atoms with van der Waals surface area (Å²) in [7, 11) is -3.23. The van der Waals surface area contributed by atoms with Gasteiger partial charge in [-0.2, -0.15) is 0 Å². The lowest BCUT2D eigenvalue weighted by atomic mass is 10.1. The van der Waals surface area contributed by atoms with Crippen molar-refractivity contribution in [3.63, 3.8) is 0 Å². The van der Waals surface area contributed by atoms with Gasteiger partial charge in [0.25, 0.3) is 0 Å². The number of hydrogen-bond donors (Lipinski definition) is 3. The fraction of sp³-hybridized carbons (Fsp3) is 0.667. The second kappa shape index (κ2) is 7.23. The van der Waals surface area contributed by atoms with Crippen molar-refractivity contribution in [1.29, 1.82) is 0 Å². The quantitative estimate of drug-likeness (QED) is 0.456. The van der Waals surface area contributed by atoms with Gasteiger partial charge in [0.05, 0.1) is 12.7 Å². The van der Waals surface area contributed by atoms with Crippen molar-refractivity contribution in [3.05, 3.63) is 6.42 Å². The topological polar surface area (TPSA) is 118 Å². The van der Waals surface area contributed by atoms with Crippen molar-refractivity contribution in [2.75, 3.05) is 19.3 Å². The van der Waals surface area contributed by atoms with Gasteiger partial charge in [-0.15, -0.1) is 0 Å². The van der Waals surface area contributed by atoms with Crippen LogP contribution in [0.3, 0.4) is 0 Å². The summed E-state index contributed by atoms with van der Waals surface area (Å²) in [6.45, 7) is 1.94. The lowest BCUT2D eigenvalue weighted by Gasteiger charge is -2.07. The molecule has 0 saturated carbocycles. The molecule has 0 bridgehead atoms. The molecule has 1 atom stereocenters. The maximum Gasteiger partial charge on any atom is 0.223 e. The summed E-state index contributed by atoms with van der Waals surface area (Å²) in [5.74, 6) is -1.21. The molecule has 7 nitrogen and oxygen atoms in total. The Labute approximate surface area is 101 Å². The third kappa shape index (κ3) is 9.76. The number of amides is 2. The molecule has 0 fully saturated rings. The van der Waals surface area contributed by atoms with Crippen molar-refractivity contribution in [2.24, 2.45) is 11.7 Å². The smallest absolute Gasteiger partial charge is 0.223 e. The van der Waals surface area contributed by atoms with Crippen LogP contribution in [0, 0.1) is 12.3 Å². The van der Waals surface area contributed by atoms with Crippen LogP contribution < -0.4 is 15.8 Å². The third-order valence-corrected chi connectivity index (χ3v) is 2.66. The summed E-state index contributed by atoms with van der Waals surface area (Å²) in [6.07, 6.45) is 2.62. The summed E-state index contributed by atoms with van der Waals surface area (Å²) in [6, 6.07) is 0. The van der Waals surface area contributed by atoms with Gasteiger partial charge in [0.2, 0.25) is 21.8 Å². The molecule has 0 saturated heterocycles. The molecule has 0 aliphatic rings. The van der Waals surface area contributed by atoms with Gasteiger partial charge in [-0.1, -0.05) is 6.92 Å². The van der Waals surface area contributed by atoms with E-state index in [-0.39, 0.29) is 25.4 Å². The van der Waals surface area contributed by atoms with E-state index in [1.54, 1.807) is 6.92 Å². The number of carbonyl (C=O) groups excluding carboxylic acids is 2. The number of rotatable bonds is 8. The summed E-state index contributed by atoms with van der Waals surface area (Å²) in [5.41, 5.74) is 5.02. The molecule has 4 N–H and O–H groups in total. The largest absolute Gasteiger partial charge is 0.369 e. The van der Waals surface area contributed by atoms with E-state index < -0.39 is 21.8 Å². The van der Waals surface area contributed by atoms with Gasteiger partial charge in [0.15, 0.2) is 0 Å². The van der Waals surface area contributed by atoms with Crippen molar-refractivity contribution in [2.45, 2.75) is 13.3 Å². The highest BCUT2D eigenvalue weighted by molar-refractivity contribution is 7.88. The fourth-order valence-corrected chi connectivity index (χ4v) is 1.37. The first kappa shape index (κ1) is 15.9. The number of primary amides is 1. The molecule has 99 valence electrons. The van der Waals surface area contributed by atoms with E-state index in [1.165, 1.54) is 6.42 Å². The van der Waals surface area contributed by atoms with Crippen molar-refractivity contribution >= 4 is 21.8 Å². The number of nitrogens with one attached hydrogen (secondary N) is 2. The van der Waals surface area contributed by atoms with Crippen LogP contribution in [0.2, 0.25) is 0 Å². The summed E-state index contributed by atoms with van der Waals surface area (Å²) in [5, 5.41) is 2.48. The Kier molecular flexibility index (Phi) is 6.74. The molecule has 0 spiro atoms. The highest BCUT2D eigenvalue weighted by Crippen LogP contribution is 2.02. The minimum atomic E-state index is -3.23. The Bertz CT molecular complexity index is 366. The maximum absolute atomic E-state index is 11.2. The van der Waals surface area contributed by atoms with Crippen LogP contribution in [0.4, 0.5) is 0 Å². The van der Waals surface area contributed by atoms with E-state index in [0.717, 1.165) is 6.26 Å². The average Bonchev–Trinajstić information content (AvgIpc) is 2.19. The van der Waals surface area contributed by atoms with Crippen LogP contribution in [-0.2, 0) is 19.6 Å². The van der Waals surface area contributed by atoms with Crippen molar-refractivity contribution in [1.82, 2.24) is 10.0 Å². The first-order chi connectivity index (χ1) is 7.72. The SMILES string of the molecule is C[C@@H](C[CH]C(=O)NCCNS(C)(=O)=O)C(N)=O. The average molecular weight is 264 g/mol. The van der Waals surface area contributed by atoms with Gasteiger partial charge >= 0.3 is 0 Å². The highest BCUT2D eigenvalue weighted by atomic mass is 32.2. The Morgan fingerprint density at radius 3 is 2.41 bits per heavy atom. The Balaban J connectivity index is 3.64. The van der Waals surface area contributed by atoms with E-state index >= 15 is 0 Å². The highest BCUT2D eigenvalue weighted by Gasteiger charge is 2.11. The van der Waals surface area contributed by atoms with E-state index in [0.29, 0.717) is 0 Å². The molecule has 0 aliphatic carbocycles. The molecular weight excluding hydrogens is 246 g/mol. The molecule has 0 aromatic rings. The molecule has 0 aromatic heterocycles. The standard InChI is InChI=1S/C9H18N3O4S/c1-7(9(10)14)3-4-8(13)11-5-6-12-17(2,15)16/h4,7,12H,3,5-6H2,1-2H3,(H2,10,14)(H,11,13)/t7-/m0/s1. The monoisotopic (exact) mass is 264 g/mol. The molecule has 0 rings (SSSR count). The van der Waals surface area contributed by atoms with Crippen LogP contribution in [0.1, 0.15) is 13.3 Å². The molecule has 0 heterocycles. The second-order valence-corrected chi connectivity index (χ2v) is 5.53. The van der Waals surface area contributed by atoms with E-state index in [4.69, 9.17) is 5.73 Å². The maximum atomic E-state index is 11.2. The van der Waals surface area contributed by atoms with Crippen LogP contribution >= 0.6 is 0 Å². The predicted molar refractivity (Wildman–Crippen MR) is 63.1 cm³/mol. The number of hydrogen-bond acceptors (Lipinski definition) is 4. The minimum absolute atomic E-state index is 0.129. The normalized spacial score (nSPS) is 13.1. The zero-order chi connectivity index (χ0) is 13.5. The fourth-order valence-electron chi connectivity index (χ4n) is 0.894. The molecule has 0 unspecified atom stereocenters. The first-order valence-corrected chi connectivity index (χ1v) is 6.96. The second-order valence-electron chi connectivity index (χ2n) is 3.70. The number of carbonyl (C=O) groups is 2. The lowest BCUT2D eigenvalue weighted by Crippen LogP contribution is -2.34. The molecule has 0 aliphatic heterocycles. The molecule has 2 amide bonds. The zero-order valence-electron chi connectivity index (χ0n) is 9.89. The zero-order valence-corrected chi connectivity index (χ0v) is 10.7. The Hall–Kier alpha value is -1.15. The lowest BCUT2D eigenvalue weighted by molar-refractivity contribution is -0.121. The number of sulfonamides is 1. The van der Waals surface area contributed by atoms with Crippen LogP contribution in [0.15, 0.2) is 0 Å². The third-order valence-electron chi connectivity index (χ3n) is 1.93. The van der Waals surface area contributed by atoms with Gasteiger partial charge in [-0.25, -0.2) is 13.1 Å². The molecule has 1 radical (unpaired) electrons. The van der Waals surface area contributed by atoms with Crippen LogP contribution in [0.25, 0.3) is 0 Å². The number of nitrogens with two attached hydrogens (primary N) is 1. The Morgan fingerprint density at radius 1 is 1.35 bits per heavy atom. The Morgan fingerprint density at radius 2 is 1.94 bits per heavy atom. The molecule has 8 heteroatoms. The van der Waals surface area contributed by atoms with E-state index in [9.17, 15) is 18.0 Å². The van der Waals surface area contributed by atoms with Crippen LogP contribution in [0.5, 0.6) is 0 Å². The summed E-state index contributed by atoms with van der Waals surface area (Å²) < 4.78 is 23.6. The predicted octanol–water partition coefficient (Wildman–Crippen LogP) is -1.63. The molecular formula is C9H18N3O4S. The molecule has 17 heavy (non-hydrogen) atoms. The van der Waals surface area contributed by atoms with Crippen LogP contribution in [-0.4, -0.2) is 39.6 Å². The molecule has 0 aromatic carbocycles. The van der Waals surface area contributed by atoms with Crippen molar-refractivity contribution in [3.8, 4) is 0 Å². The van der Waals surface area contributed by atoms with E-state index in [2.05, 4.69) is 10.0 Å². The van der Waals surface area contributed by atoms with Gasteiger partial charge in [-0.05, 0) is 6.42 Å². The van der Waals surface area contributed by atoms with E-state index in [1.807, 2.05) is 0 Å². The summed E-state index contributed by atoms with van der Waals surface area (Å²) in [4.78, 5) is 21.9. The minimum Gasteiger partial charge on any atom is -0.369 e. The van der Waals surface area contributed by atoms with Crippen molar-refractivity contribution < 1.29 is 18.0 Å². The first-order valence-electron chi connectivity index (χ1n) is 5.07. The van der Waals surface area contributed by atoms with Gasteiger partial charge in [0.1, 0.15) is 0 Å².